The van der Waals surface area contributed by atoms with Gasteiger partial charge in [0, 0.05) is 18.4 Å². The maximum absolute atomic E-state index is 12.2. The fraction of sp³-hybridized carbons (Fsp3) is 0.562. The van der Waals surface area contributed by atoms with E-state index in [2.05, 4.69) is 0 Å². The van der Waals surface area contributed by atoms with Gasteiger partial charge >= 0.3 is 0 Å². The highest BCUT2D eigenvalue weighted by Crippen LogP contribution is 2.27. The first kappa shape index (κ1) is 15.0. The fourth-order valence-electron chi connectivity index (χ4n) is 2.88. The molecule has 1 saturated carbocycles. The Hall–Kier alpha value is -1.39. The number of aliphatic hydroxyl groups excluding tert-OH is 1. The fourth-order valence-corrected chi connectivity index (χ4v) is 2.88. The van der Waals surface area contributed by atoms with Gasteiger partial charge in [0.2, 0.25) is 0 Å². The molecule has 1 heterocycles. The average Bonchev–Trinajstić information content (AvgIpc) is 2.75. The van der Waals surface area contributed by atoms with E-state index in [0.717, 1.165) is 6.42 Å². The van der Waals surface area contributed by atoms with Gasteiger partial charge in [0.25, 0.3) is 5.91 Å². The Kier molecular flexibility index (Phi) is 5.56. The number of nitrogens with zero attached hydrogens (tertiary/aromatic N) is 1. The predicted molar refractivity (Wildman–Crippen MR) is 79.4 cm³/mol. The Morgan fingerprint density at radius 2 is 1.75 bits per heavy atom. The second-order valence-electron chi connectivity index (χ2n) is 5.66. The van der Waals surface area contributed by atoms with Crippen LogP contribution in [-0.2, 0) is 4.79 Å². The maximum atomic E-state index is 12.2. The highest BCUT2D eigenvalue weighted by molar-refractivity contribution is 5.83. The molecule has 0 bridgehead atoms. The first-order valence-corrected chi connectivity index (χ1v) is 7.46. The smallest absolute Gasteiger partial charge is 0.261 e. The van der Waals surface area contributed by atoms with E-state index in [0.29, 0.717) is 5.92 Å². The van der Waals surface area contributed by atoms with Crippen LogP contribution in [0.3, 0.4) is 0 Å². The Balaban J connectivity index is 1.88. The van der Waals surface area contributed by atoms with E-state index in [4.69, 9.17) is 5.73 Å². The van der Waals surface area contributed by atoms with E-state index < -0.39 is 12.1 Å². The zero-order valence-electron chi connectivity index (χ0n) is 11.8. The van der Waals surface area contributed by atoms with Crippen molar-refractivity contribution in [3.8, 4) is 0 Å². The molecule has 2 rings (SSSR count). The summed E-state index contributed by atoms with van der Waals surface area (Å²) in [6.07, 6.45) is 16.2. The molecule has 110 valence electrons. The largest absolute Gasteiger partial charge is 0.382 e. The number of amides is 1. The molecule has 1 aliphatic heterocycles. The molecule has 1 aliphatic carbocycles. The molecule has 0 spiro atoms. The Morgan fingerprint density at radius 1 is 1.15 bits per heavy atom. The summed E-state index contributed by atoms with van der Waals surface area (Å²) in [5.74, 6) is 0.197. The molecule has 4 heteroatoms. The first-order valence-electron chi connectivity index (χ1n) is 7.46. The first-order chi connectivity index (χ1) is 9.68. The third-order valence-corrected chi connectivity index (χ3v) is 4.07. The summed E-state index contributed by atoms with van der Waals surface area (Å²) in [4.78, 5) is 13.6. The van der Waals surface area contributed by atoms with E-state index in [9.17, 15) is 9.90 Å². The van der Waals surface area contributed by atoms with Crippen LogP contribution in [0.4, 0.5) is 0 Å². The molecule has 0 aromatic rings. The van der Waals surface area contributed by atoms with Gasteiger partial charge in [0.1, 0.15) is 6.10 Å². The van der Waals surface area contributed by atoms with Crippen LogP contribution in [0.2, 0.25) is 0 Å². The quantitative estimate of drug-likeness (QED) is 0.826. The third kappa shape index (κ3) is 4.05. The number of rotatable bonds is 4. The van der Waals surface area contributed by atoms with Crippen molar-refractivity contribution in [2.24, 2.45) is 11.7 Å². The van der Waals surface area contributed by atoms with Crippen LogP contribution >= 0.6 is 0 Å². The minimum Gasteiger partial charge on any atom is -0.382 e. The summed E-state index contributed by atoms with van der Waals surface area (Å²) < 4.78 is 0. The van der Waals surface area contributed by atoms with Gasteiger partial charge in [0.05, 0.1) is 0 Å². The standard InChI is InChI=1S/C16H24N2O2/c17-14(12-13-8-4-3-5-9-13)15(19)16(20)18-10-6-1-2-7-11-18/h1-2,6-7,10-11,13-15,19H,3-5,8-9,12,17H2/t14-,15?/m1/s1. The van der Waals surface area contributed by atoms with Crippen molar-refractivity contribution in [2.45, 2.75) is 50.7 Å². The second-order valence-corrected chi connectivity index (χ2v) is 5.66. The van der Waals surface area contributed by atoms with Crippen LogP contribution in [0.5, 0.6) is 0 Å². The van der Waals surface area contributed by atoms with Crippen molar-refractivity contribution in [1.82, 2.24) is 4.90 Å². The molecule has 4 nitrogen and oxygen atoms in total. The Bertz CT molecular complexity index is 393. The molecular weight excluding hydrogens is 252 g/mol. The summed E-state index contributed by atoms with van der Waals surface area (Å²) in [5.41, 5.74) is 6.03. The van der Waals surface area contributed by atoms with E-state index in [1.165, 1.54) is 37.0 Å². The molecular formula is C16H24N2O2. The van der Waals surface area contributed by atoms with Gasteiger partial charge in [-0.15, -0.1) is 0 Å². The molecule has 0 aromatic carbocycles. The Morgan fingerprint density at radius 3 is 2.35 bits per heavy atom. The SMILES string of the molecule is N[C@H](CC1CCCCC1)C(O)C(=O)N1C=CC=CC=C1. The lowest BCUT2D eigenvalue weighted by Crippen LogP contribution is -2.46. The summed E-state index contributed by atoms with van der Waals surface area (Å²) in [6, 6.07) is -0.483. The van der Waals surface area contributed by atoms with E-state index >= 15 is 0 Å². The van der Waals surface area contributed by atoms with Gasteiger partial charge < -0.3 is 10.8 Å². The summed E-state index contributed by atoms with van der Waals surface area (Å²) in [6.45, 7) is 0. The zero-order chi connectivity index (χ0) is 14.4. The van der Waals surface area contributed by atoms with E-state index in [-0.39, 0.29) is 5.91 Å². The molecule has 2 aliphatic rings. The van der Waals surface area contributed by atoms with Crippen molar-refractivity contribution in [1.29, 1.82) is 0 Å². The molecule has 2 atom stereocenters. The van der Waals surface area contributed by atoms with Crippen molar-refractivity contribution >= 4 is 5.91 Å². The predicted octanol–water partition coefficient (Wildman–Crippen LogP) is 2.07. The number of allylic oxidation sites excluding steroid dienone is 4. The van der Waals surface area contributed by atoms with Crippen molar-refractivity contribution in [3.05, 3.63) is 36.7 Å². The van der Waals surface area contributed by atoms with Crippen LogP contribution < -0.4 is 5.73 Å². The van der Waals surface area contributed by atoms with Crippen LogP contribution in [0.15, 0.2) is 36.7 Å². The van der Waals surface area contributed by atoms with Crippen molar-refractivity contribution in [3.63, 3.8) is 0 Å². The van der Waals surface area contributed by atoms with Crippen molar-refractivity contribution in [2.75, 3.05) is 0 Å². The lowest BCUT2D eigenvalue weighted by atomic mass is 9.84. The van der Waals surface area contributed by atoms with Gasteiger partial charge in [-0.25, -0.2) is 0 Å². The number of carbonyl (C=O) groups excluding carboxylic acids is 1. The topological polar surface area (TPSA) is 66.6 Å². The molecule has 3 N–H and O–H groups in total. The number of nitrogens with two attached hydrogens (primary N) is 1. The third-order valence-electron chi connectivity index (χ3n) is 4.07. The molecule has 0 radical (unpaired) electrons. The molecule has 0 aromatic heterocycles. The van der Waals surface area contributed by atoms with Crippen LogP contribution in [-0.4, -0.2) is 28.1 Å². The van der Waals surface area contributed by atoms with Crippen molar-refractivity contribution < 1.29 is 9.90 Å². The summed E-state index contributed by atoms with van der Waals surface area (Å²) >= 11 is 0. The highest BCUT2D eigenvalue weighted by Gasteiger charge is 2.28. The lowest BCUT2D eigenvalue weighted by Gasteiger charge is -2.27. The minimum atomic E-state index is -1.13. The van der Waals surface area contributed by atoms with Gasteiger partial charge in [0.15, 0.2) is 0 Å². The zero-order valence-corrected chi connectivity index (χ0v) is 11.8. The molecule has 20 heavy (non-hydrogen) atoms. The van der Waals surface area contributed by atoms with Gasteiger partial charge in [-0.05, 0) is 24.5 Å². The van der Waals surface area contributed by atoms with Gasteiger partial charge in [-0.1, -0.05) is 44.3 Å². The van der Waals surface area contributed by atoms with Gasteiger partial charge in [-0.3, -0.25) is 9.69 Å². The van der Waals surface area contributed by atoms with E-state index in [1.807, 2.05) is 12.2 Å². The summed E-state index contributed by atoms with van der Waals surface area (Å²) in [5, 5.41) is 10.2. The lowest BCUT2D eigenvalue weighted by molar-refractivity contribution is -0.136. The average molecular weight is 276 g/mol. The monoisotopic (exact) mass is 276 g/mol. The van der Waals surface area contributed by atoms with E-state index in [1.54, 1.807) is 24.6 Å². The molecule has 0 saturated heterocycles. The number of hydrogen-bond acceptors (Lipinski definition) is 3. The van der Waals surface area contributed by atoms with Crippen LogP contribution in [0, 0.1) is 5.92 Å². The normalized spacial score (nSPS) is 22.6. The summed E-state index contributed by atoms with van der Waals surface area (Å²) in [7, 11) is 0. The second kappa shape index (κ2) is 7.41. The number of carbonyl (C=O) groups is 1. The highest BCUT2D eigenvalue weighted by atomic mass is 16.3. The molecule has 1 amide bonds. The molecule has 1 unspecified atom stereocenters. The Labute approximate surface area is 120 Å². The molecule has 1 fully saturated rings. The maximum Gasteiger partial charge on any atom is 0.261 e. The van der Waals surface area contributed by atoms with Crippen LogP contribution in [0.1, 0.15) is 38.5 Å². The van der Waals surface area contributed by atoms with Crippen LogP contribution in [0.25, 0.3) is 0 Å². The van der Waals surface area contributed by atoms with Gasteiger partial charge in [-0.2, -0.15) is 0 Å². The number of aliphatic hydroxyl groups is 1. The minimum absolute atomic E-state index is 0.357. The number of hydrogen-bond donors (Lipinski definition) is 2.